The zero-order valence-electron chi connectivity index (χ0n) is 17.8. The maximum absolute atomic E-state index is 5.48. The lowest BCUT2D eigenvalue weighted by atomic mass is 10.2. The Kier molecular flexibility index (Phi) is 7.89. The van der Waals surface area contributed by atoms with Gasteiger partial charge in [-0.05, 0) is 68.9 Å². The molecule has 0 saturated heterocycles. The van der Waals surface area contributed by atoms with Crippen molar-refractivity contribution in [3.05, 3.63) is 77.6 Å². The molecule has 3 N–H and O–H groups in total. The first kappa shape index (κ1) is 22.2. The molecule has 0 unspecified atom stereocenters. The number of aliphatic imine (C=N–C) groups is 1. The highest BCUT2D eigenvalue weighted by atomic mass is 32.1. The van der Waals surface area contributed by atoms with E-state index in [4.69, 9.17) is 17.0 Å². The summed E-state index contributed by atoms with van der Waals surface area (Å²) in [6.45, 7) is 6.90. The number of hydrogen-bond donors (Lipinski definition) is 3. The van der Waals surface area contributed by atoms with Gasteiger partial charge in [0.1, 0.15) is 5.75 Å². The van der Waals surface area contributed by atoms with Crippen LogP contribution in [0.2, 0.25) is 0 Å². The van der Waals surface area contributed by atoms with E-state index in [2.05, 4.69) is 30.9 Å². The SMILES string of the molecule is CCOc1ccc(NC(=S)NC(=NCc2ccccc2)Nc2nc(C)cc(C)n2)cc1. The van der Waals surface area contributed by atoms with E-state index in [1.807, 2.05) is 81.4 Å². The molecule has 8 heteroatoms. The maximum atomic E-state index is 5.48. The summed E-state index contributed by atoms with van der Waals surface area (Å²) in [7, 11) is 0. The van der Waals surface area contributed by atoms with Crippen LogP contribution in [0.4, 0.5) is 11.6 Å². The molecule has 0 fully saturated rings. The van der Waals surface area contributed by atoms with Crippen LogP contribution in [0.25, 0.3) is 0 Å². The van der Waals surface area contributed by atoms with E-state index < -0.39 is 0 Å². The van der Waals surface area contributed by atoms with E-state index in [-0.39, 0.29) is 0 Å². The fourth-order valence-electron chi connectivity index (χ4n) is 2.82. The first-order valence-corrected chi connectivity index (χ1v) is 10.4. The molecule has 31 heavy (non-hydrogen) atoms. The number of guanidine groups is 1. The van der Waals surface area contributed by atoms with Gasteiger partial charge in [0.15, 0.2) is 5.11 Å². The van der Waals surface area contributed by atoms with Crippen LogP contribution in [0.1, 0.15) is 23.9 Å². The number of benzene rings is 2. The molecule has 0 radical (unpaired) electrons. The van der Waals surface area contributed by atoms with Gasteiger partial charge in [-0.25, -0.2) is 15.0 Å². The molecule has 160 valence electrons. The molecule has 3 rings (SSSR count). The van der Waals surface area contributed by atoms with E-state index in [1.165, 1.54) is 0 Å². The average molecular weight is 435 g/mol. The molecule has 1 aromatic heterocycles. The Morgan fingerprint density at radius 2 is 1.65 bits per heavy atom. The van der Waals surface area contributed by atoms with Crippen molar-refractivity contribution in [1.82, 2.24) is 15.3 Å². The Morgan fingerprint density at radius 3 is 2.29 bits per heavy atom. The van der Waals surface area contributed by atoms with Crippen molar-refractivity contribution < 1.29 is 4.74 Å². The van der Waals surface area contributed by atoms with E-state index in [0.29, 0.717) is 30.2 Å². The molecule has 0 spiro atoms. The maximum Gasteiger partial charge on any atom is 0.229 e. The molecule has 0 aliphatic heterocycles. The monoisotopic (exact) mass is 434 g/mol. The number of aryl methyl sites for hydroxylation is 2. The molecule has 3 aromatic rings. The van der Waals surface area contributed by atoms with Crippen molar-refractivity contribution in [2.75, 3.05) is 17.2 Å². The van der Waals surface area contributed by atoms with Gasteiger partial charge < -0.3 is 15.4 Å². The van der Waals surface area contributed by atoms with Crippen molar-refractivity contribution in [2.24, 2.45) is 4.99 Å². The normalized spacial score (nSPS) is 11.0. The molecule has 0 amide bonds. The van der Waals surface area contributed by atoms with Crippen LogP contribution in [-0.4, -0.2) is 27.6 Å². The number of nitrogens with one attached hydrogen (secondary N) is 3. The second-order valence-corrected chi connectivity index (χ2v) is 7.19. The lowest BCUT2D eigenvalue weighted by Gasteiger charge is -2.14. The van der Waals surface area contributed by atoms with Crippen LogP contribution < -0.4 is 20.7 Å². The van der Waals surface area contributed by atoms with E-state index >= 15 is 0 Å². The lowest BCUT2D eigenvalue weighted by Crippen LogP contribution is -2.39. The van der Waals surface area contributed by atoms with Crippen LogP contribution in [-0.2, 0) is 6.54 Å². The van der Waals surface area contributed by atoms with Crippen molar-refractivity contribution >= 4 is 34.9 Å². The fourth-order valence-corrected chi connectivity index (χ4v) is 3.04. The second kappa shape index (κ2) is 11.0. The summed E-state index contributed by atoms with van der Waals surface area (Å²) in [5, 5.41) is 9.80. The summed E-state index contributed by atoms with van der Waals surface area (Å²) >= 11 is 5.48. The Balaban J connectivity index is 1.72. The van der Waals surface area contributed by atoms with Gasteiger partial charge in [-0.1, -0.05) is 30.3 Å². The Bertz CT molecular complexity index is 1020. The highest BCUT2D eigenvalue weighted by Gasteiger charge is 2.07. The van der Waals surface area contributed by atoms with Crippen molar-refractivity contribution in [2.45, 2.75) is 27.3 Å². The van der Waals surface area contributed by atoms with Crippen LogP contribution in [0.3, 0.4) is 0 Å². The molecular formula is C23H26N6OS. The second-order valence-electron chi connectivity index (χ2n) is 6.79. The predicted octanol–water partition coefficient (Wildman–Crippen LogP) is 4.45. The summed E-state index contributed by atoms with van der Waals surface area (Å²) in [6.07, 6.45) is 0. The van der Waals surface area contributed by atoms with Gasteiger partial charge in [0.25, 0.3) is 0 Å². The summed E-state index contributed by atoms with van der Waals surface area (Å²) in [6, 6.07) is 19.5. The largest absolute Gasteiger partial charge is 0.494 e. The van der Waals surface area contributed by atoms with E-state index in [1.54, 1.807) is 0 Å². The molecule has 0 aliphatic rings. The van der Waals surface area contributed by atoms with Gasteiger partial charge in [0.05, 0.1) is 13.2 Å². The molecule has 7 nitrogen and oxygen atoms in total. The molecular weight excluding hydrogens is 408 g/mol. The first-order chi connectivity index (χ1) is 15.0. The third-order valence-corrected chi connectivity index (χ3v) is 4.33. The van der Waals surface area contributed by atoms with E-state index in [0.717, 1.165) is 28.4 Å². The number of ether oxygens (including phenoxy) is 1. The standard InChI is InChI=1S/C23H26N6OS/c1-4-30-20-12-10-19(11-13-20)27-23(31)29-21(24-15-18-8-6-5-7-9-18)28-22-25-16(2)14-17(3)26-22/h5-14H,4,15H2,1-3H3,(H3,24,25,26,27,28,29,31). The summed E-state index contributed by atoms with van der Waals surface area (Å²) in [5.41, 5.74) is 3.65. The molecule has 0 bridgehead atoms. The molecule has 0 saturated carbocycles. The Hall–Kier alpha value is -3.52. The zero-order chi connectivity index (χ0) is 22.1. The highest BCUT2D eigenvalue weighted by molar-refractivity contribution is 7.80. The Morgan fingerprint density at radius 1 is 0.968 bits per heavy atom. The van der Waals surface area contributed by atoms with Gasteiger partial charge in [-0.3, -0.25) is 5.32 Å². The highest BCUT2D eigenvalue weighted by Crippen LogP contribution is 2.15. The molecule has 2 aromatic carbocycles. The fraction of sp³-hybridized carbons (Fsp3) is 0.217. The zero-order valence-corrected chi connectivity index (χ0v) is 18.7. The van der Waals surface area contributed by atoms with Crippen LogP contribution >= 0.6 is 12.2 Å². The van der Waals surface area contributed by atoms with E-state index in [9.17, 15) is 0 Å². The number of hydrogen-bond acceptors (Lipinski definition) is 5. The predicted molar refractivity (Wildman–Crippen MR) is 130 cm³/mol. The summed E-state index contributed by atoms with van der Waals surface area (Å²) < 4.78 is 5.47. The topological polar surface area (TPSA) is 83.5 Å². The number of thiocarbonyl (C=S) groups is 1. The number of anilines is 2. The van der Waals surface area contributed by atoms with Crippen LogP contribution in [0, 0.1) is 13.8 Å². The molecule has 1 heterocycles. The molecule has 0 atom stereocenters. The van der Waals surface area contributed by atoms with Gasteiger partial charge >= 0.3 is 0 Å². The van der Waals surface area contributed by atoms with Gasteiger partial charge in [0.2, 0.25) is 11.9 Å². The van der Waals surface area contributed by atoms with Crippen LogP contribution in [0.5, 0.6) is 5.75 Å². The third-order valence-electron chi connectivity index (χ3n) is 4.13. The van der Waals surface area contributed by atoms with Gasteiger partial charge in [0, 0.05) is 17.1 Å². The minimum Gasteiger partial charge on any atom is -0.494 e. The van der Waals surface area contributed by atoms with Gasteiger partial charge in [-0.2, -0.15) is 0 Å². The third kappa shape index (κ3) is 7.35. The van der Waals surface area contributed by atoms with Gasteiger partial charge in [-0.15, -0.1) is 0 Å². The lowest BCUT2D eigenvalue weighted by molar-refractivity contribution is 0.340. The van der Waals surface area contributed by atoms with Crippen molar-refractivity contribution in [3.63, 3.8) is 0 Å². The minimum absolute atomic E-state index is 0.396. The summed E-state index contributed by atoms with van der Waals surface area (Å²) in [5.74, 6) is 1.73. The quantitative estimate of drug-likeness (QED) is 0.300. The average Bonchev–Trinajstić information content (AvgIpc) is 2.73. The smallest absolute Gasteiger partial charge is 0.229 e. The number of nitrogens with zero attached hydrogens (tertiary/aromatic N) is 3. The van der Waals surface area contributed by atoms with Crippen molar-refractivity contribution in [3.8, 4) is 5.75 Å². The van der Waals surface area contributed by atoms with Crippen LogP contribution in [0.15, 0.2) is 65.7 Å². The summed E-state index contributed by atoms with van der Waals surface area (Å²) in [4.78, 5) is 13.5. The Labute approximate surface area is 188 Å². The first-order valence-electron chi connectivity index (χ1n) is 10.0. The number of rotatable bonds is 6. The van der Waals surface area contributed by atoms with Crippen molar-refractivity contribution in [1.29, 1.82) is 0 Å². The number of aromatic nitrogens is 2. The minimum atomic E-state index is 0.396. The molecule has 0 aliphatic carbocycles.